The molecule has 0 N–H and O–H groups in total. The van der Waals surface area contributed by atoms with Gasteiger partial charge in [-0.1, -0.05) is 0 Å². The van der Waals surface area contributed by atoms with E-state index in [-0.39, 0.29) is 11.1 Å². The van der Waals surface area contributed by atoms with Crippen LogP contribution in [0.15, 0.2) is 11.1 Å². The monoisotopic (exact) mass is 241 g/mol. The van der Waals surface area contributed by atoms with Gasteiger partial charge < -0.3 is 9.80 Å². The summed E-state index contributed by atoms with van der Waals surface area (Å²) < 4.78 is 0. The maximum Gasteiger partial charge on any atom is 0.293 e. The van der Waals surface area contributed by atoms with E-state index in [0.717, 1.165) is 42.8 Å². The van der Waals surface area contributed by atoms with E-state index in [2.05, 4.69) is 16.8 Å². The van der Waals surface area contributed by atoms with E-state index in [0.29, 0.717) is 4.91 Å². The van der Waals surface area contributed by atoms with Crippen LogP contribution in [0.3, 0.4) is 0 Å². The molecule has 0 aromatic heterocycles. The standard InChI is InChI=1S/C10H15N3O2S/c1-11-3-5-13(6-4-11)7-8-9(14)12(2)10(15)16-8/h7H,3-6H2,1-2H3/b8-7+. The van der Waals surface area contributed by atoms with Crippen LogP contribution in [0.4, 0.5) is 4.79 Å². The van der Waals surface area contributed by atoms with Crippen molar-refractivity contribution in [3.05, 3.63) is 11.1 Å². The van der Waals surface area contributed by atoms with Gasteiger partial charge in [-0.25, -0.2) is 0 Å². The van der Waals surface area contributed by atoms with Gasteiger partial charge in [-0.3, -0.25) is 14.5 Å². The van der Waals surface area contributed by atoms with E-state index in [4.69, 9.17) is 0 Å². The first-order chi connectivity index (χ1) is 7.58. The lowest BCUT2D eigenvalue weighted by atomic mass is 10.3. The molecule has 2 aliphatic rings. The molecular weight excluding hydrogens is 226 g/mol. The average Bonchev–Trinajstić information content (AvgIpc) is 2.50. The summed E-state index contributed by atoms with van der Waals surface area (Å²) in [5, 5.41) is -0.189. The number of carbonyl (C=O) groups is 2. The molecule has 0 saturated carbocycles. The van der Waals surface area contributed by atoms with Crippen molar-refractivity contribution in [3.63, 3.8) is 0 Å². The van der Waals surface area contributed by atoms with Crippen LogP contribution < -0.4 is 0 Å². The molecule has 0 aromatic rings. The minimum atomic E-state index is -0.189. The van der Waals surface area contributed by atoms with E-state index in [1.807, 2.05) is 6.20 Å². The number of hydrogen-bond donors (Lipinski definition) is 0. The number of piperazine rings is 1. The highest BCUT2D eigenvalue weighted by Gasteiger charge is 2.32. The molecule has 2 fully saturated rings. The number of amides is 2. The van der Waals surface area contributed by atoms with Crippen LogP contribution >= 0.6 is 11.8 Å². The van der Waals surface area contributed by atoms with Crippen molar-refractivity contribution in [2.45, 2.75) is 0 Å². The second kappa shape index (κ2) is 4.47. The summed E-state index contributed by atoms with van der Waals surface area (Å²) >= 11 is 1.02. The first-order valence-electron chi connectivity index (χ1n) is 5.22. The molecule has 0 spiro atoms. The molecule has 0 aliphatic carbocycles. The fourth-order valence-electron chi connectivity index (χ4n) is 1.65. The molecule has 0 atom stereocenters. The minimum absolute atomic E-state index is 0.186. The first kappa shape index (κ1) is 11.5. The molecule has 2 rings (SSSR count). The largest absolute Gasteiger partial charge is 0.374 e. The van der Waals surface area contributed by atoms with Crippen LogP contribution in [0.1, 0.15) is 0 Å². The highest BCUT2D eigenvalue weighted by molar-refractivity contribution is 8.18. The van der Waals surface area contributed by atoms with Gasteiger partial charge in [0.1, 0.15) is 0 Å². The smallest absolute Gasteiger partial charge is 0.293 e. The molecule has 0 aromatic carbocycles. The molecule has 2 aliphatic heterocycles. The van der Waals surface area contributed by atoms with Gasteiger partial charge in [-0.2, -0.15) is 0 Å². The predicted octanol–water partition coefficient (Wildman–Crippen LogP) is 0.400. The molecule has 88 valence electrons. The molecule has 2 amide bonds. The van der Waals surface area contributed by atoms with Gasteiger partial charge in [0.2, 0.25) is 0 Å². The Morgan fingerprint density at radius 3 is 2.25 bits per heavy atom. The summed E-state index contributed by atoms with van der Waals surface area (Å²) in [5.74, 6) is -0.186. The van der Waals surface area contributed by atoms with E-state index >= 15 is 0 Å². The van der Waals surface area contributed by atoms with Gasteiger partial charge in [0.15, 0.2) is 0 Å². The fraction of sp³-hybridized carbons (Fsp3) is 0.600. The summed E-state index contributed by atoms with van der Waals surface area (Å²) in [6, 6.07) is 0. The van der Waals surface area contributed by atoms with Gasteiger partial charge in [0.25, 0.3) is 11.1 Å². The molecule has 16 heavy (non-hydrogen) atoms. The Kier molecular flexibility index (Phi) is 3.20. The normalized spacial score (nSPS) is 26.0. The maximum atomic E-state index is 11.6. The number of rotatable bonds is 1. The third-order valence-electron chi connectivity index (χ3n) is 2.82. The van der Waals surface area contributed by atoms with Crippen molar-refractivity contribution < 1.29 is 9.59 Å². The number of nitrogens with zero attached hydrogens (tertiary/aromatic N) is 3. The van der Waals surface area contributed by atoms with E-state index in [1.165, 1.54) is 7.05 Å². The lowest BCUT2D eigenvalue weighted by Crippen LogP contribution is -2.42. The van der Waals surface area contributed by atoms with Crippen LogP contribution in [0.2, 0.25) is 0 Å². The van der Waals surface area contributed by atoms with Crippen LogP contribution in [-0.2, 0) is 4.79 Å². The molecular formula is C10H15N3O2S. The van der Waals surface area contributed by atoms with Crippen LogP contribution in [-0.4, -0.2) is 66.1 Å². The van der Waals surface area contributed by atoms with Crippen molar-refractivity contribution in [3.8, 4) is 0 Å². The number of imide groups is 1. The van der Waals surface area contributed by atoms with Crippen molar-refractivity contribution in [1.29, 1.82) is 0 Å². The predicted molar refractivity (Wildman–Crippen MR) is 62.9 cm³/mol. The van der Waals surface area contributed by atoms with Crippen molar-refractivity contribution >= 4 is 22.9 Å². The Labute approximate surface area is 99.0 Å². The lowest BCUT2D eigenvalue weighted by Gasteiger charge is -2.31. The molecule has 5 nitrogen and oxygen atoms in total. The Morgan fingerprint density at radius 1 is 1.12 bits per heavy atom. The van der Waals surface area contributed by atoms with Gasteiger partial charge in [0, 0.05) is 39.4 Å². The van der Waals surface area contributed by atoms with Gasteiger partial charge in [-0.15, -0.1) is 0 Å². The highest BCUT2D eigenvalue weighted by atomic mass is 32.2. The third kappa shape index (κ3) is 2.22. The van der Waals surface area contributed by atoms with Gasteiger partial charge >= 0.3 is 0 Å². The summed E-state index contributed by atoms with van der Waals surface area (Å²) in [5.41, 5.74) is 0. The SMILES string of the molecule is CN1CCN(/C=C2/SC(=O)N(C)C2=O)CC1. The Balaban J connectivity index is 2.02. The van der Waals surface area contributed by atoms with E-state index < -0.39 is 0 Å². The topological polar surface area (TPSA) is 43.9 Å². The van der Waals surface area contributed by atoms with Gasteiger partial charge in [0.05, 0.1) is 4.91 Å². The Hall–Kier alpha value is -1.01. The summed E-state index contributed by atoms with van der Waals surface area (Å²) in [7, 11) is 3.60. The number of thioether (sulfide) groups is 1. The lowest BCUT2D eigenvalue weighted by molar-refractivity contribution is -0.121. The average molecular weight is 241 g/mol. The third-order valence-corrected chi connectivity index (χ3v) is 3.77. The summed E-state index contributed by atoms with van der Waals surface area (Å²) in [6.07, 6.45) is 1.82. The summed E-state index contributed by atoms with van der Waals surface area (Å²) in [4.78, 5) is 29.0. The second-order valence-corrected chi connectivity index (χ2v) is 5.06. The molecule has 2 saturated heterocycles. The van der Waals surface area contributed by atoms with E-state index in [1.54, 1.807) is 0 Å². The van der Waals surface area contributed by atoms with Crippen molar-refractivity contribution in [2.24, 2.45) is 0 Å². The Morgan fingerprint density at radius 2 is 1.75 bits per heavy atom. The van der Waals surface area contributed by atoms with Gasteiger partial charge in [-0.05, 0) is 18.8 Å². The van der Waals surface area contributed by atoms with Crippen molar-refractivity contribution in [2.75, 3.05) is 40.3 Å². The molecule has 0 radical (unpaired) electrons. The van der Waals surface area contributed by atoms with Crippen LogP contribution in [0.5, 0.6) is 0 Å². The Bertz CT molecular complexity index is 348. The minimum Gasteiger partial charge on any atom is -0.374 e. The number of carbonyl (C=O) groups excluding carboxylic acids is 2. The zero-order valence-corrected chi connectivity index (χ0v) is 10.3. The molecule has 0 bridgehead atoms. The molecule has 2 heterocycles. The maximum absolute atomic E-state index is 11.6. The highest BCUT2D eigenvalue weighted by Crippen LogP contribution is 2.29. The number of likely N-dealkylation sites (N-methyl/N-ethyl adjacent to an activating group) is 2. The van der Waals surface area contributed by atoms with Crippen LogP contribution in [0, 0.1) is 0 Å². The fourth-order valence-corrected chi connectivity index (χ4v) is 2.49. The molecule has 6 heteroatoms. The number of hydrogen-bond acceptors (Lipinski definition) is 5. The molecule has 0 unspecified atom stereocenters. The quantitative estimate of drug-likeness (QED) is 0.622. The summed E-state index contributed by atoms with van der Waals surface area (Å²) in [6.45, 7) is 3.80. The second-order valence-electron chi connectivity index (χ2n) is 4.06. The van der Waals surface area contributed by atoms with Crippen LogP contribution in [0.25, 0.3) is 0 Å². The zero-order valence-electron chi connectivity index (χ0n) is 9.47. The first-order valence-corrected chi connectivity index (χ1v) is 6.04. The zero-order chi connectivity index (χ0) is 11.7. The van der Waals surface area contributed by atoms with E-state index in [9.17, 15) is 9.59 Å². The van der Waals surface area contributed by atoms with Crippen molar-refractivity contribution in [1.82, 2.24) is 14.7 Å².